The van der Waals surface area contributed by atoms with Gasteiger partial charge >= 0.3 is 0 Å². The average Bonchev–Trinajstić information content (AvgIpc) is 2.77. The maximum atomic E-state index is 4.34. The van der Waals surface area contributed by atoms with Crippen LogP contribution in [-0.4, -0.2) is 4.98 Å². The van der Waals surface area contributed by atoms with Gasteiger partial charge in [-0.1, -0.05) is 94.4 Å². The molecular formula is C29H36N. The number of nitrogens with zero attached hydrogens (tertiary/aromatic N) is 1. The maximum absolute atomic E-state index is 4.34. The molecule has 1 radical (unpaired) electrons. The third-order valence-corrected chi connectivity index (χ3v) is 6.76. The average molecular weight is 399 g/mol. The first-order valence-electron chi connectivity index (χ1n) is 11.3. The van der Waals surface area contributed by atoms with Gasteiger partial charge in [0.25, 0.3) is 0 Å². The van der Waals surface area contributed by atoms with Crippen LogP contribution in [0.1, 0.15) is 50.8 Å². The third kappa shape index (κ3) is 5.39. The van der Waals surface area contributed by atoms with Gasteiger partial charge in [0.15, 0.2) is 0 Å². The summed E-state index contributed by atoms with van der Waals surface area (Å²) in [6, 6.07) is 26.3. The number of benzene rings is 2. The minimum Gasteiger partial charge on any atom is -0.264 e. The second-order valence-corrected chi connectivity index (χ2v) is 9.14. The molecule has 1 heteroatoms. The molecule has 0 aliphatic carbocycles. The molecule has 0 saturated carbocycles. The smallest absolute Gasteiger partial charge is 0.0299 e. The third-order valence-electron chi connectivity index (χ3n) is 6.76. The zero-order valence-corrected chi connectivity index (χ0v) is 19.0. The molecular weight excluding hydrogens is 362 g/mol. The van der Waals surface area contributed by atoms with Crippen LogP contribution in [0.3, 0.4) is 0 Å². The van der Waals surface area contributed by atoms with Gasteiger partial charge in [0.1, 0.15) is 0 Å². The summed E-state index contributed by atoms with van der Waals surface area (Å²) < 4.78 is 0. The van der Waals surface area contributed by atoms with Gasteiger partial charge in [0.05, 0.1) is 0 Å². The van der Waals surface area contributed by atoms with E-state index in [9.17, 15) is 0 Å². The monoisotopic (exact) mass is 398 g/mol. The number of hydrogen-bond acceptors (Lipinski definition) is 1. The number of hydrogen-bond donors (Lipinski definition) is 0. The van der Waals surface area contributed by atoms with Crippen molar-refractivity contribution in [2.45, 2.75) is 53.4 Å². The quantitative estimate of drug-likeness (QED) is 0.347. The van der Waals surface area contributed by atoms with E-state index in [4.69, 9.17) is 0 Å². The molecule has 1 heterocycles. The van der Waals surface area contributed by atoms with Gasteiger partial charge in [-0.15, -0.1) is 0 Å². The Morgan fingerprint density at radius 3 is 1.83 bits per heavy atom. The molecule has 0 N–H and O–H groups in total. The fourth-order valence-corrected chi connectivity index (χ4v) is 5.12. The molecule has 0 aliphatic heterocycles. The Kier molecular flexibility index (Phi) is 7.85. The van der Waals surface area contributed by atoms with Crippen LogP contribution in [-0.2, 0) is 19.3 Å². The molecule has 3 aromatic rings. The highest BCUT2D eigenvalue weighted by molar-refractivity contribution is 5.27. The predicted molar refractivity (Wildman–Crippen MR) is 128 cm³/mol. The molecule has 0 aliphatic rings. The van der Waals surface area contributed by atoms with Gasteiger partial charge < -0.3 is 0 Å². The van der Waals surface area contributed by atoms with Crippen molar-refractivity contribution in [2.24, 2.45) is 17.3 Å². The van der Waals surface area contributed by atoms with Gasteiger partial charge in [-0.25, -0.2) is 0 Å². The molecule has 30 heavy (non-hydrogen) atoms. The van der Waals surface area contributed by atoms with E-state index in [1.165, 1.54) is 16.7 Å². The Morgan fingerprint density at radius 2 is 1.30 bits per heavy atom. The van der Waals surface area contributed by atoms with Crippen molar-refractivity contribution in [3.8, 4) is 0 Å². The topological polar surface area (TPSA) is 12.9 Å². The maximum Gasteiger partial charge on any atom is 0.0299 e. The van der Waals surface area contributed by atoms with Crippen LogP contribution >= 0.6 is 0 Å². The van der Waals surface area contributed by atoms with Crippen LogP contribution in [0.25, 0.3) is 0 Å². The number of aromatic nitrogens is 1. The van der Waals surface area contributed by atoms with Crippen molar-refractivity contribution in [1.82, 2.24) is 4.98 Å². The van der Waals surface area contributed by atoms with E-state index >= 15 is 0 Å². The highest BCUT2D eigenvalue weighted by atomic mass is 14.6. The van der Waals surface area contributed by atoms with Crippen LogP contribution in [0.5, 0.6) is 0 Å². The van der Waals surface area contributed by atoms with Crippen molar-refractivity contribution in [2.75, 3.05) is 0 Å². The Labute approximate surface area is 183 Å². The summed E-state index contributed by atoms with van der Waals surface area (Å²) in [4.78, 5) is 4.34. The van der Waals surface area contributed by atoms with Crippen molar-refractivity contribution >= 4 is 0 Å². The molecule has 0 spiro atoms. The van der Waals surface area contributed by atoms with E-state index in [0.29, 0.717) is 11.8 Å². The van der Waals surface area contributed by atoms with Crippen LogP contribution in [0.4, 0.5) is 0 Å². The van der Waals surface area contributed by atoms with Crippen molar-refractivity contribution < 1.29 is 0 Å². The fourth-order valence-electron chi connectivity index (χ4n) is 5.12. The van der Waals surface area contributed by atoms with Gasteiger partial charge in [0.2, 0.25) is 0 Å². The number of pyridine rings is 1. The molecule has 0 fully saturated rings. The standard InChI is InChI=1S/C29H36N/c1-23(2)29(24(3)4,21-26-14-9-6-10-15-26)28(20-25-12-7-5-8-13-25)18-17-27-16-11-19-30-22-27/h5-16,19,22-24H,17-18,20-21H2,1-4H3. The molecule has 2 aromatic carbocycles. The molecule has 0 bridgehead atoms. The normalized spacial score (nSPS) is 12.1. The molecule has 0 unspecified atom stereocenters. The lowest BCUT2D eigenvalue weighted by atomic mass is 9.56. The summed E-state index contributed by atoms with van der Waals surface area (Å²) in [6.07, 6.45) is 8.17. The van der Waals surface area contributed by atoms with Crippen LogP contribution in [0, 0.1) is 23.2 Å². The van der Waals surface area contributed by atoms with Crippen LogP contribution < -0.4 is 0 Å². The molecule has 0 saturated heterocycles. The largest absolute Gasteiger partial charge is 0.264 e. The summed E-state index contributed by atoms with van der Waals surface area (Å²) in [6.45, 7) is 9.66. The van der Waals surface area contributed by atoms with E-state index < -0.39 is 0 Å². The Morgan fingerprint density at radius 1 is 0.733 bits per heavy atom. The van der Waals surface area contributed by atoms with Gasteiger partial charge in [-0.3, -0.25) is 4.98 Å². The van der Waals surface area contributed by atoms with E-state index in [2.05, 4.69) is 99.4 Å². The molecule has 157 valence electrons. The van der Waals surface area contributed by atoms with Crippen molar-refractivity contribution in [3.63, 3.8) is 0 Å². The highest BCUT2D eigenvalue weighted by Crippen LogP contribution is 2.50. The van der Waals surface area contributed by atoms with Crippen LogP contribution in [0.15, 0.2) is 85.2 Å². The highest BCUT2D eigenvalue weighted by Gasteiger charge is 2.44. The second kappa shape index (κ2) is 10.6. The second-order valence-electron chi connectivity index (χ2n) is 9.14. The lowest BCUT2D eigenvalue weighted by Gasteiger charge is -2.48. The summed E-state index contributed by atoms with van der Waals surface area (Å²) >= 11 is 0. The lowest BCUT2D eigenvalue weighted by Crippen LogP contribution is -2.42. The Bertz CT molecular complexity index is 845. The SMILES string of the molecule is CC(C)C(Cc1ccccc1)([C](CCc1cccnc1)Cc1ccccc1)C(C)C. The molecule has 3 rings (SSSR count). The van der Waals surface area contributed by atoms with Gasteiger partial charge in [-0.2, -0.15) is 0 Å². The van der Waals surface area contributed by atoms with E-state index in [0.717, 1.165) is 25.7 Å². The fraction of sp³-hybridized carbons (Fsp3) is 0.379. The summed E-state index contributed by atoms with van der Waals surface area (Å²) in [7, 11) is 0. The minimum absolute atomic E-state index is 0.152. The minimum atomic E-state index is 0.152. The first-order valence-corrected chi connectivity index (χ1v) is 11.3. The Balaban J connectivity index is 1.97. The number of rotatable bonds is 10. The molecule has 0 atom stereocenters. The first kappa shape index (κ1) is 22.3. The Hall–Kier alpha value is -2.41. The van der Waals surface area contributed by atoms with Crippen LogP contribution in [0.2, 0.25) is 0 Å². The lowest BCUT2D eigenvalue weighted by molar-refractivity contribution is 0.117. The summed E-state index contributed by atoms with van der Waals surface area (Å²) in [5.41, 5.74) is 4.33. The zero-order valence-electron chi connectivity index (χ0n) is 19.0. The molecule has 1 aromatic heterocycles. The first-order chi connectivity index (χ1) is 14.5. The summed E-state index contributed by atoms with van der Waals surface area (Å²) in [5, 5.41) is 0. The van der Waals surface area contributed by atoms with E-state index in [1.807, 2.05) is 18.5 Å². The van der Waals surface area contributed by atoms with Crippen molar-refractivity contribution in [3.05, 3.63) is 108 Å². The number of aryl methyl sites for hydroxylation is 1. The van der Waals surface area contributed by atoms with Crippen molar-refractivity contribution in [1.29, 1.82) is 0 Å². The summed E-state index contributed by atoms with van der Waals surface area (Å²) in [5.74, 6) is 2.79. The molecule has 0 amide bonds. The van der Waals surface area contributed by atoms with E-state index in [-0.39, 0.29) is 5.41 Å². The van der Waals surface area contributed by atoms with Gasteiger partial charge in [-0.05, 0) is 71.6 Å². The zero-order chi connectivity index (χ0) is 21.4. The van der Waals surface area contributed by atoms with E-state index in [1.54, 1.807) is 5.92 Å². The molecule has 1 nitrogen and oxygen atoms in total. The predicted octanol–water partition coefficient (Wildman–Crippen LogP) is 7.37. The van der Waals surface area contributed by atoms with Gasteiger partial charge in [0, 0.05) is 12.4 Å².